The third kappa shape index (κ3) is 3.13. The van der Waals surface area contributed by atoms with Crippen LogP contribution in [0.25, 0.3) is 11.1 Å². The van der Waals surface area contributed by atoms with Gasteiger partial charge in [0.2, 0.25) is 0 Å². The maximum Gasteiger partial charge on any atom is 0.261 e. The lowest BCUT2D eigenvalue weighted by molar-refractivity contribution is 0.609. The third-order valence-electron chi connectivity index (χ3n) is 2.58. The molecule has 2 nitrogen and oxygen atoms in total. The van der Waals surface area contributed by atoms with Crippen LogP contribution < -0.4 is 0 Å². The summed E-state index contributed by atoms with van der Waals surface area (Å²) in [6.07, 6.45) is 0. The van der Waals surface area contributed by atoms with E-state index in [1.807, 2.05) is 24.3 Å². The predicted octanol–water partition coefficient (Wildman–Crippen LogP) is 4.18. The summed E-state index contributed by atoms with van der Waals surface area (Å²) >= 11 is 3.39. The Morgan fingerprint density at radius 3 is 1.72 bits per heavy atom. The zero-order valence-corrected chi connectivity index (χ0v) is 12.5. The molecular weight excluding hydrogens is 336 g/mol. The molecule has 2 rings (SSSR count). The highest BCUT2D eigenvalue weighted by atomic mass is 79.9. The molecule has 0 spiro atoms. The third-order valence-corrected chi connectivity index (χ3v) is 4.59. The van der Waals surface area contributed by atoms with Gasteiger partial charge in [0.05, 0.1) is 4.90 Å². The SMILES string of the molecule is O=S(=O)(Cl)c1ccc(-c2ccc(CBr)cc2)cc1. The van der Waals surface area contributed by atoms with Gasteiger partial charge in [-0.15, -0.1) is 0 Å². The van der Waals surface area contributed by atoms with Gasteiger partial charge in [-0.3, -0.25) is 0 Å². The minimum Gasteiger partial charge on any atom is -0.207 e. The van der Waals surface area contributed by atoms with E-state index >= 15 is 0 Å². The molecule has 0 unspecified atom stereocenters. The Labute approximate surface area is 119 Å². The summed E-state index contributed by atoms with van der Waals surface area (Å²) in [5.74, 6) is 0. The zero-order valence-electron chi connectivity index (χ0n) is 9.31. The zero-order chi connectivity index (χ0) is 13.2. The van der Waals surface area contributed by atoms with Crippen LogP contribution in [0, 0.1) is 0 Å². The Morgan fingerprint density at radius 1 is 0.889 bits per heavy atom. The van der Waals surface area contributed by atoms with Gasteiger partial charge in [-0.25, -0.2) is 8.42 Å². The standard InChI is InChI=1S/C13H10BrClO2S/c14-9-10-1-3-11(4-2-10)12-5-7-13(8-6-12)18(15,16)17/h1-8H,9H2. The van der Waals surface area contributed by atoms with Crippen molar-refractivity contribution in [2.75, 3.05) is 0 Å². The molecule has 0 fully saturated rings. The summed E-state index contributed by atoms with van der Waals surface area (Å²) in [4.78, 5) is 0.116. The second-order valence-electron chi connectivity index (χ2n) is 3.79. The van der Waals surface area contributed by atoms with E-state index in [1.54, 1.807) is 12.1 Å². The van der Waals surface area contributed by atoms with Crippen molar-refractivity contribution < 1.29 is 8.42 Å². The van der Waals surface area contributed by atoms with E-state index in [2.05, 4.69) is 15.9 Å². The Bertz CT molecular complexity index is 634. The highest BCUT2D eigenvalue weighted by molar-refractivity contribution is 9.08. The van der Waals surface area contributed by atoms with E-state index in [4.69, 9.17) is 10.7 Å². The second-order valence-corrected chi connectivity index (χ2v) is 6.92. The molecule has 0 heterocycles. The Hall–Kier alpha value is -0.840. The first kappa shape index (κ1) is 13.6. The van der Waals surface area contributed by atoms with E-state index in [-0.39, 0.29) is 4.90 Å². The van der Waals surface area contributed by atoms with Crippen molar-refractivity contribution >= 4 is 35.7 Å². The van der Waals surface area contributed by atoms with Crippen LogP contribution >= 0.6 is 26.6 Å². The molecule has 94 valence electrons. The topological polar surface area (TPSA) is 34.1 Å². The largest absolute Gasteiger partial charge is 0.261 e. The van der Waals surface area contributed by atoms with Gasteiger partial charge in [0.1, 0.15) is 0 Å². The van der Waals surface area contributed by atoms with Crippen molar-refractivity contribution in [3.8, 4) is 11.1 Å². The lowest BCUT2D eigenvalue weighted by Gasteiger charge is -2.03. The molecule has 0 aliphatic heterocycles. The fourth-order valence-corrected chi connectivity index (χ4v) is 2.74. The summed E-state index contributed by atoms with van der Waals surface area (Å²) in [5.41, 5.74) is 3.19. The summed E-state index contributed by atoms with van der Waals surface area (Å²) in [7, 11) is 1.62. The molecule has 0 amide bonds. The van der Waals surface area contributed by atoms with Gasteiger partial charge in [0, 0.05) is 16.0 Å². The molecular formula is C13H10BrClO2S. The van der Waals surface area contributed by atoms with E-state index in [0.717, 1.165) is 16.5 Å². The lowest BCUT2D eigenvalue weighted by atomic mass is 10.0. The van der Waals surface area contributed by atoms with Crippen LogP contribution in [0.1, 0.15) is 5.56 Å². The number of benzene rings is 2. The number of rotatable bonds is 3. The van der Waals surface area contributed by atoms with Gasteiger partial charge in [-0.1, -0.05) is 52.3 Å². The molecule has 0 bridgehead atoms. The van der Waals surface area contributed by atoms with Crippen LogP contribution in [0.3, 0.4) is 0 Å². The molecule has 0 aromatic heterocycles. The lowest BCUT2D eigenvalue weighted by Crippen LogP contribution is -1.89. The Balaban J connectivity index is 2.34. The number of hydrogen-bond donors (Lipinski definition) is 0. The molecule has 0 aliphatic rings. The van der Waals surface area contributed by atoms with Gasteiger partial charge in [-0.05, 0) is 28.8 Å². The van der Waals surface area contributed by atoms with Crippen LogP contribution in [0.15, 0.2) is 53.4 Å². The Morgan fingerprint density at radius 2 is 1.33 bits per heavy atom. The van der Waals surface area contributed by atoms with E-state index in [1.165, 1.54) is 17.7 Å². The molecule has 0 radical (unpaired) electrons. The molecule has 0 N–H and O–H groups in total. The fourth-order valence-electron chi connectivity index (χ4n) is 1.60. The highest BCUT2D eigenvalue weighted by Gasteiger charge is 2.09. The molecule has 0 aliphatic carbocycles. The van der Waals surface area contributed by atoms with E-state index in [9.17, 15) is 8.42 Å². The smallest absolute Gasteiger partial charge is 0.207 e. The first-order valence-corrected chi connectivity index (χ1v) is 8.64. The average Bonchev–Trinajstić information content (AvgIpc) is 2.38. The molecule has 0 saturated heterocycles. The van der Waals surface area contributed by atoms with Gasteiger partial charge in [-0.2, -0.15) is 0 Å². The quantitative estimate of drug-likeness (QED) is 0.618. The van der Waals surface area contributed by atoms with E-state index in [0.29, 0.717) is 0 Å². The van der Waals surface area contributed by atoms with Crippen LogP contribution in [0.4, 0.5) is 0 Å². The number of hydrogen-bond acceptors (Lipinski definition) is 2. The van der Waals surface area contributed by atoms with Crippen LogP contribution in [-0.2, 0) is 14.4 Å². The minimum absolute atomic E-state index is 0.116. The molecule has 0 atom stereocenters. The van der Waals surface area contributed by atoms with Crippen molar-refractivity contribution in [1.29, 1.82) is 0 Å². The maximum absolute atomic E-state index is 11.1. The van der Waals surface area contributed by atoms with Crippen LogP contribution in [-0.4, -0.2) is 8.42 Å². The second kappa shape index (κ2) is 5.43. The number of halogens is 2. The van der Waals surface area contributed by atoms with Crippen molar-refractivity contribution in [1.82, 2.24) is 0 Å². The van der Waals surface area contributed by atoms with Crippen molar-refractivity contribution in [3.05, 3.63) is 54.1 Å². The summed E-state index contributed by atoms with van der Waals surface area (Å²) in [6.45, 7) is 0. The first-order valence-electron chi connectivity index (χ1n) is 5.21. The summed E-state index contributed by atoms with van der Waals surface area (Å²) in [6, 6.07) is 14.6. The van der Waals surface area contributed by atoms with E-state index < -0.39 is 9.05 Å². The van der Waals surface area contributed by atoms with Gasteiger partial charge < -0.3 is 0 Å². The van der Waals surface area contributed by atoms with Crippen molar-refractivity contribution in [2.45, 2.75) is 10.2 Å². The monoisotopic (exact) mass is 344 g/mol. The van der Waals surface area contributed by atoms with Crippen LogP contribution in [0.5, 0.6) is 0 Å². The Kier molecular flexibility index (Phi) is 4.10. The fraction of sp³-hybridized carbons (Fsp3) is 0.0769. The molecule has 0 saturated carbocycles. The van der Waals surface area contributed by atoms with Gasteiger partial charge in [0.15, 0.2) is 0 Å². The summed E-state index contributed by atoms with van der Waals surface area (Å²) < 4.78 is 22.2. The molecule has 18 heavy (non-hydrogen) atoms. The van der Waals surface area contributed by atoms with Crippen molar-refractivity contribution in [2.24, 2.45) is 0 Å². The predicted molar refractivity (Wildman–Crippen MR) is 77.5 cm³/mol. The van der Waals surface area contributed by atoms with Gasteiger partial charge >= 0.3 is 0 Å². The first-order chi connectivity index (χ1) is 8.50. The van der Waals surface area contributed by atoms with Gasteiger partial charge in [0.25, 0.3) is 9.05 Å². The van der Waals surface area contributed by atoms with Crippen molar-refractivity contribution in [3.63, 3.8) is 0 Å². The normalized spacial score (nSPS) is 11.4. The average molecular weight is 346 g/mol. The highest BCUT2D eigenvalue weighted by Crippen LogP contribution is 2.23. The molecule has 2 aromatic carbocycles. The number of alkyl halides is 1. The molecule has 2 aromatic rings. The van der Waals surface area contributed by atoms with Crippen LogP contribution in [0.2, 0.25) is 0 Å². The minimum atomic E-state index is -3.65. The molecule has 5 heteroatoms. The summed E-state index contributed by atoms with van der Waals surface area (Å²) in [5, 5.41) is 0.816. The maximum atomic E-state index is 11.1.